The molecule has 0 saturated heterocycles. The van der Waals surface area contributed by atoms with Gasteiger partial charge in [0, 0.05) is 13.5 Å². The smallest absolute Gasteiger partial charge is 0.328 e. The Morgan fingerprint density at radius 3 is 2.22 bits per heavy atom. The molecule has 1 unspecified atom stereocenters. The van der Waals surface area contributed by atoms with Crippen molar-refractivity contribution in [3.8, 4) is 0 Å². The van der Waals surface area contributed by atoms with E-state index in [-0.39, 0.29) is 12.0 Å². The van der Waals surface area contributed by atoms with Crippen molar-refractivity contribution in [3.05, 3.63) is 0 Å². The van der Waals surface area contributed by atoms with Crippen molar-refractivity contribution in [3.63, 3.8) is 0 Å². The molecular weight excluding hydrogens is 234 g/mol. The molecule has 1 N–H and O–H groups in total. The van der Waals surface area contributed by atoms with Crippen LogP contribution in [0.3, 0.4) is 0 Å². The highest BCUT2D eigenvalue weighted by Gasteiger charge is 2.22. The van der Waals surface area contributed by atoms with Crippen LogP contribution in [-0.4, -0.2) is 36.7 Å². The molecule has 0 radical (unpaired) electrons. The fraction of sp³-hybridized carbons (Fsp3) is 0.846. The van der Waals surface area contributed by atoms with E-state index in [1.807, 2.05) is 6.92 Å². The minimum atomic E-state index is -0.630. The standard InChI is InChI=1S/C13H25NO4/c1-9(17-6)7-8-11(15)14-10(2)12(16)18-13(3,4)5/h9-10H,7-8H2,1-6H3,(H,14,15)/t9?,10-/m0/s1. The predicted octanol–water partition coefficient (Wildman–Crippen LogP) is 1.65. The van der Waals surface area contributed by atoms with E-state index in [2.05, 4.69) is 5.32 Å². The van der Waals surface area contributed by atoms with Gasteiger partial charge in [-0.05, 0) is 41.0 Å². The van der Waals surface area contributed by atoms with Gasteiger partial charge in [0.2, 0.25) is 5.91 Å². The second-order valence-corrected chi connectivity index (χ2v) is 5.41. The molecule has 0 heterocycles. The third kappa shape index (κ3) is 8.06. The van der Waals surface area contributed by atoms with E-state index in [1.165, 1.54) is 0 Å². The summed E-state index contributed by atoms with van der Waals surface area (Å²) >= 11 is 0. The van der Waals surface area contributed by atoms with Crippen LogP contribution in [-0.2, 0) is 19.1 Å². The van der Waals surface area contributed by atoms with Gasteiger partial charge in [-0.25, -0.2) is 4.79 Å². The van der Waals surface area contributed by atoms with E-state index >= 15 is 0 Å². The van der Waals surface area contributed by atoms with E-state index < -0.39 is 17.6 Å². The maximum atomic E-state index is 11.6. The Balaban J connectivity index is 4.04. The minimum absolute atomic E-state index is 0.0348. The third-order valence-electron chi connectivity index (χ3n) is 2.32. The van der Waals surface area contributed by atoms with Gasteiger partial charge in [0.05, 0.1) is 6.10 Å². The summed E-state index contributed by atoms with van der Waals surface area (Å²) in [6.07, 6.45) is 0.999. The molecule has 2 atom stereocenters. The first kappa shape index (κ1) is 16.9. The fourth-order valence-electron chi connectivity index (χ4n) is 1.21. The average Bonchev–Trinajstić information content (AvgIpc) is 2.23. The molecule has 0 spiro atoms. The van der Waals surface area contributed by atoms with E-state index in [4.69, 9.17) is 9.47 Å². The number of esters is 1. The average molecular weight is 259 g/mol. The maximum absolute atomic E-state index is 11.6. The first-order valence-electron chi connectivity index (χ1n) is 6.20. The van der Waals surface area contributed by atoms with Crippen LogP contribution in [0.25, 0.3) is 0 Å². The van der Waals surface area contributed by atoms with Crippen molar-refractivity contribution < 1.29 is 19.1 Å². The third-order valence-corrected chi connectivity index (χ3v) is 2.32. The van der Waals surface area contributed by atoms with Crippen molar-refractivity contribution in [2.75, 3.05) is 7.11 Å². The number of carbonyl (C=O) groups excluding carboxylic acids is 2. The van der Waals surface area contributed by atoms with Gasteiger partial charge in [-0.1, -0.05) is 0 Å². The quantitative estimate of drug-likeness (QED) is 0.737. The van der Waals surface area contributed by atoms with Gasteiger partial charge >= 0.3 is 5.97 Å². The van der Waals surface area contributed by atoms with Crippen LogP contribution in [0.15, 0.2) is 0 Å². The van der Waals surface area contributed by atoms with E-state index in [0.29, 0.717) is 12.8 Å². The van der Waals surface area contributed by atoms with Gasteiger partial charge in [-0.3, -0.25) is 4.79 Å². The Hall–Kier alpha value is -1.10. The van der Waals surface area contributed by atoms with Crippen molar-refractivity contribution in [1.82, 2.24) is 5.32 Å². The largest absolute Gasteiger partial charge is 0.458 e. The summed E-state index contributed by atoms with van der Waals surface area (Å²) in [4.78, 5) is 23.2. The lowest BCUT2D eigenvalue weighted by molar-refractivity contribution is -0.158. The SMILES string of the molecule is COC(C)CCC(=O)N[C@@H](C)C(=O)OC(C)(C)C. The first-order chi connectivity index (χ1) is 8.15. The van der Waals surface area contributed by atoms with Crippen molar-refractivity contribution in [2.45, 2.75) is 65.2 Å². The summed E-state index contributed by atoms with van der Waals surface area (Å²) in [7, 11) is 1.60. The van der Waals surface area contributed by atoms with Gasteiger partial charge in [0.25, 0.3) is 0 Å². The Morgan fingerprint density at radius 1 is 1.22 bits per heavy atom. The van der Waals surface area contributed by atoms with Crippen molar-refractivity contribution in [1.29, 1.82) is 0 Å². The van der Waals surface area contributed by atoms with E-state index in [9.17, 15) is 9.59 Å². The monoisotopic (exact) mass is 259 g/mol. The normalized spacial score (nSPS) is 14.8. The number of methoxy groups -OCH3 is 1. The van der Waals surface area contributed by atoms with Gasteiger partial charge in [-0.2, -0.15) is 0 Å². The zero-order chi connectivity index (χ0) is 14.3. The summed E-state index contributed by atoms with van der Waals surface area (Å²) in [5, 5.41) is 2.61. The molecule has 0 aromatic carbocycles. The minimum Gasteiger partial charge on any atom is -0.458 e. The molecule has 0 aliphatic heterocycles. The molecule has 106 valence electrons. The molecule has 0 aromatic rings. The Labute approximate surface area is 109 Å². The molecule has 5 heteroatoms. The first-order valence-corrected chi connectivity index (χ1v) is 6.20. The Kier molecular flexibility index (Phi) is 6.91. The molecule has 0 fully saturated rings. The number of ether oxygens (including phenoxy) is 2. The lowest BCUT2D eigenvalue weighted by Crippen LogP contribution is -2.42. The van der Waals surface area contributed by atoms with E-state index in [0.717, 1.165) is 0 Å². The zero-order valence-corrected chi connectivity index (χ0v) is 12.2. The van der Waals surface area contributed by atoms with Crippen LogP contribution in [0.1, 0.15) is 47.5 Å². The number of nitrogens with one attached hydrogen (secondary N) is 1. The molecule has 0 rings (SSSR count). The predicted molar refractivity (Wildman–Crippen MR) is 69.2 cm³/mol. The number of hydrogen-bond acceptors (Lipinski definition) is 4. The fourth-order valence-corrected chi connectivity index (χ4v) is 1.21. The van der Waals surface area contributed by atoms with Crippen LogP contribution in [0.2, 0.25) is 0 Å². The van der Waals surface area contributed by atoms with Gasteiger partial charge in [-0.15, -0.1) is 0 Å². The number of carbonyl (C=O) groups is 2. The second kappa shape index (κ2) is 7.36. The summed E-state index contributed by atoms with van der Waals surface area (Å²) in [5.74, 6) is -0.590. The topological polar surface area (TPSA) is 64.6 Å². The molecule has 1 amide bonds. The van der Waals surface area contributed by atoms with Gasteiger partial charge in [0.1, 0.15) is 11.6 Å². The highest BCUT2D eigenvalue weighted by atomic mass is 16.6. The number of amides is 1. The van der Waals surface area contributed by atoms with Crippen molar-refractivity contribution in [2.24, 2.45) is 0 Å². The molecule has 18 heavy (non-hydrogen) atoms. The van der Waals surface area contributed by atoms with E-state index in [1.54, 1.807) is 34.8 Å². The van der Waals surface area contributed by atoms with Crippen LogP contribution >= 0.6 is 0 Å². The second-order valence-electron chi connectivity index (χ2n) is 5.41. The molecule has 0 aromatic heterocycles. The highest BCUT2D eigenvalue weighted by Crippen LogP contribution is 2.08. The van der Waals surface area contributed by atoms with Crippen molar-refractivity contribution >= 4 is 11.9 Å². The summed E-state index contributed by atoms with van der Waals surface area (Å²) < 4.78 is 10.2. The lowest BCUT2D eigenvalue weighted by Gasteiger charge is -2.22. The van der Waals surface area contributed by atoms with Gasteiger partial charge < -0.3 is 14.8 Å². The van der Waals surface area contributed by atoms with Crippen LogP contribution in [0.5, 0.6) is 0 Å². The highest BCUT2D eigenvalue weighted by molar-refractivity contribution is 5.84. The maximum Gasteiger partial charge on any atom is 0.328 e. The summed E-state index contributed by atoms with van der Waals surface area (Å²) in [5.41, 5.74) is -0.541. The van der Waals surface area contributed by atoms with Gasteiger partial charge in [0.15, 0.2) is 0 Å². The molecule has 5 nitrogen and oxygen atoms in total. The van der Waals surface area contributed by atoms with Crippen LogP contribution < -0.4 is 5.32 Å². The molecular formula is C13H25NO4. The Bertz CT molecular complexity index is 283. The summed E-state index contributed by atoms with van der Waals surface area (Å²) in [6.45, 7) is 8.88. The van der Waals surface area contributed by atoms with Crippen LogP contribution in [0, 0.1) is 0 Å². The molecule has 0 bridgehead atoms. The lowest BCUT2D eigenvalue weighted by atomic mass is 10.2. The molecule has 0 saturated carbocycles. The number of rotatable bonds is 6. The molecule has 0 aliphatic carbocycles. The van der Waals surface area contributed by atoms with Crippen LogP contribution in [0.4, 0.5) is 0 Å². The molecule has 0 aliphatic rings. The summed E-state index contributed by atoms with van der Waals surface area (Å²) in [6, 6.07) is -0.630. The number of hydrogen-bond donors (Lipinski definition) is 1. The Morgan fingerprint density at radius 2 is 1.78 bits per heavy atom. The zero-order valence-electron chi connectivity index (χ0n) is 12.2.